The molecule has 3 aromatic heterocycles. The monoisotopic (exact) mass is 369 g/mol. The van der Waals surface area contributed by atoms with Crippen LogP contribution in [0.4, 0.5) is 4.39 Å². The van der Waals surface area contributed by atoms with Crippen molar-refractivity contribution in [1.29, 1.82) is 0 Å². The number of benzene rings is 2. The molecule has 0 saturated heterocycles. The highest BCUT2D eigenvalue weighted by Crippen LogP contribution is 2.40. The zero-order valence-electron chi connectivity index (χ0n) is 14.9. The Hall–Kier alpha value is -3.57. The first kappa shape index (κ1) is 16.6. The molecule has 4 nitrogen and oxygen atoms in total. The van der Waals surface area contributed by atoms with Crippen LogP contribution in [0.2, 0.25) is 0 Å². The normalized spacial score (nSPS) is 11.4. The van der Waals surface area contributed by atoms with Gasteiger partial charge in [-0.3, -0.25) is 4.98 Å². The minimum Gasteiger partial charge on any atom is -0.392 e. The Morgan fingerprint density at radius 3 is 2.46 bits per heavy atom. The number of halogens is 1. The zero-order chi connectivity index (χ0) is 19.1. The molecule has 0 amide bonds. The van der Waals surface area contributed by atoms with Gasteiger partial charge in [0.05, 0.1) is 6.61 Å². The summed E-state index contributed by atoms with van der Waals surface area (Å²) >= 11 is 0. The molecular weight excluding hydrogens is 353 g/mol. The van der Waals surface area contributed by atoms with Crippen LogP contribution in [0, 0.1) is 5.82 Å². The lowest BCUT2D eigenvalue weighted by molar-refractivity contribution is 0.282. The van der Waals surface area contributed by atoms with Gasteiger partial charge in [-0.1, -0.05) is 18.2 Å². The van der Waals surface area contributed by atoms with Crippen molar-refractivity contribution in [3.8, 4) is 22.3 Å². The summed E-state index contributed by atoms with van der Waals surface area (Å²) in [5.74, 6) is -0.275. The van der Waals surface area contributed by atoms with E-state index < -0.39 is 0 Å². The van der Waals surface area contributed by atoms with Crippen LogP contribution in [-0.4, -0.2) is 20.1 Å². The number of nitrogens with one attached hydrogen (secondary N) is 1. The highest BCUT2D eigenvalue weighted by atomic mass is 19.1. The number of fused-ring (bicyclic) bond motifs is 3. The number of aromatic amines is 1. The average molecular weight is 369 g/mol. The molecule has 136 valence electrons. The molecule has 0 atom stereocenters. The number of aromatic nitrogens is 3. The van der Waals surface area contributed by atoms with Crippen molar-refractivity contribution < 1.29 is 9.50 Å². The molecule has 0 aliphatic carbocycles. The fourth-order valence-corrected chi connectivity index (χ4v) is 3.67. The van der Waals surface area contributed by atoms with E-state index in [9.17, 15) is 9.50 Å². The number of hydrogen-bond donors (Lipinski definition) is 2. The van der Waals surface area contributed by atoms with Crippen LogP contribution >= 0.6 is 0 Å². The maximum absolute atomic E-state index is 13.5. The quantitative estimate of drug-likeness (QED) is 0.466. The molecular formula is C23H16FN3O. The van der Waals surface area contributed by atoms with Crippen LogP contribution in [0.5, 0.6) is 0 Å². The number of nitrogens with zero attached hydrogens (tertiary/aromatic N) is 2. The SMILES string of the molecule is OCc1ccc2[nH]c3ncc(-c4ccc(F)cc4)c(-c4ccncc4)c3c2c1. The molecule has 0 unspecified atom stereocenters. The van der Waals surface area contributed by atoms with E-state index in [0.29, 0.717) is 0 Å². The summed E-state index contributed by atoms with van der Waals surface area (Å²) in [6, 6.07) is 16.2. The van der Waals surface area contributed by atoms with Gasteiger partial charge in [-0.05, 0) is 53.1 Å². The third-order valence-electron chi connectivity index (χ3n) is 4.99. The smallest absolute Gasteiger partial charge is 0.138 e. The molecule has 0 aliphatic heterocycles. The van der Waals surface area contributed by atoms with Gasteiger partial charge >= 0.3 is 0 Å². The first-order chi connectivity index (χ1) is 13.7. The highest BCUT2D eigenvalue weighted by Gasteiger charge is 2.17. The van der Waals surface area contributed by atoms with E-state index in [-0.39, 0.29) is 12.4 Å². The predicted octanol–water partition coefficient (Wildman–Crippen LogP) is 5.08. The molecule has 0 bridgehead atoms. The Balaban J connectivity index is 1.92. The Morgan fingerprint density at radius 1 is 0.929 bits per heavy atom. The number of hydrogen-bond acceptors (Lipinski definition) is 3. The fourth-order valence-electron chi connectivity index (χ4n) is 3.67. The van der Waals surface area contributed by atoms with Gasteiger partial charge in [0, 0.05) is 46.0 Å². The molecule has 5 heteroatoms. The highest BCUT2D eigenvalue weighted by molar-refractivity contribution is 6.16. The second-order valence-electron chi connectivity index (χ2n) is 6.68. The van der Waals surface area contributed by atoms with Gasteiger partial charge in [0.2, 0.25) is 0 Å². The third kappa shape index (κ3) is 2.64. The van der Waals surface area contributed by atoms with Crippen LogP contribution in [0.15, 0.2) is 73.2 Å². The summed E-state index contributed by atoms with van der Waals surface area (Å²) in [5.41, 5.74) is 6.34. The summed E-state index contributed by atoms with van der Waals surface area (Å²) < 4.78 is 13.5. The van der Waals surface area contributed by atoms with E-state index in [2.05, 4.69) is 15.0 Å². The van der Waals surface area contributed by atoms with Crippen LogP contribution in [0.3, 0.4) is 0 Å². The van der Waals surface area contributed by atoms with Crippen LogP contribution < -0.4 is 0 Å². The number of pyridine rings is 2. The summed E-state index contributed by atoms with van der Waals surface area (Å²) in [6.07, 6.45) is 5.32. The van der Waals surface area contributed by atoms with Gasteiger partial charge in [-0.15, -0.1) is 0 Å². The fraction of sp³-hybridized carbons (Fsp3) is 0.0435. The van der Waals surface area contributed by atoms with Crippen LogP contribution in [0.25, 0.3) is 44.2 Å². The molecule has 3 heterocycles. The van der Waals surface area contributed by atoms with Crippen LogP contribution in [-0.2, 0) is 6.61 Å². The molecule has 2 N–H and O–H groups in total. The van der Waals surface area contributed by atoms with E-state index in [1.807, 2.05) is 36.5 Å². The minimum atomic E-state index is -0.275. The van der Waals surface area contributed by atoms with E-state index >= 15 is 0 Å². The average Bonchev–Trinajstić information content (AvgIpc) is 3.12. The van der Waals surface area contributed by atoms with Gasteiger partial charge in [0.1, 0.15) is 11.5 Å². The summed E-state index contributed by atoms with van der Waals surface area (Å²) in [4.78, 5) is 12.1. The van der Waals surface area contributed by atoms with Gasteiger partial charge in [-0.2, -0.15) is 0 Å². The Kier molecular flexibility index (Phi) is 3.88. The van der Waals surface area contributed by atoms with E-state index in [4.69, 9.17) is 0 Å². The third-order valence-corrected chi connectivity index (χ3v) is 4.99. The van der Waals surface area contributed by atoms with Crippen molar-refractivity contribution in [1.82, 2.24) is 15.0 Å². The first-order valence-corrected chi connectivity index (χ1v) is 8.95. The summed E-state index contributed by atoms with van der Waals surface area (Å²) in [7, 11) is 0. The summed E-state index contributed by atoms with van der Waals surface area (Å²) in [5, 5.41) is 11.5. The zero-order valence-corrected chi connectivity index (χ0v) is 14.9. The molecule has 0 aliphatic rings. The van der Waals surface area contributed by atoms with Crippen molar-refractivity contribution >= 4 is 21.9 Å². The Morgan fingerprint density at radius 2 is 1.71 bits per heavy atom. The van der Waals surface area contributed by atoms with E-state index in [0.717, 1.165) is 49.8 Å². The standard InChI is InChI=1S/C23H16FN3O/c24-17-4-2-15(3-5-17)19-12-26-23-22(21(19)16-7-9-25-10-8-16)18-11-14(13-28)1-6-20(18)27-23/h1-12,28H,13H2,(H,26,27). The lowest BCUT2D eigenvalue weighted by Gasteiger charge is -2.12. The van der Waals surface area contributed by atoms with Crippen LogP contribution in [0.1, 0.15) is 5.56 Å². The summed E-state index contributed by atoms with van der Waals surface area (Å²) in [6.45, 7) is -0.0295. The number of H-pyrrole nitrogens is 1. The van der Waals surface area contributed by atoms with E-state index in [1.54, 1.807) is 24.5 Å². The Bertz CT molecular complexity index is 1290. The maximum Gasteiger partial charge on any atom is 0.138 e. The van der Waals surface area contributed by atoms with Gasteiger partial charge in [0.25, 0.3) is 0 Å². The molecule has 5 rings (SSSR count). The number of aliphatic hydroxyl groups excluding tert-OH is 1. The molecule has 0 radical (unpaired) electrons. The molecule has 0 spiro atoms. The van der Waals surface area contributed by atoms with Gasteiger partial charge in [-0.25, -0.2) is 9.37 Å². The maximum atomic E-state index is 13.5. The van der Waals surface area contributed by atoms with E-state index in [1.165, 1.54) is 12.1 Å². The molecule has 28 heavy (non-hydrogen) atoms. The van der Waals surface area contributed by atoms with Gasteiger partial charge in [0.15, 0.2) is 0 Å². The largest absolute Gasteiger partial charge is 0.392 e. The number of aliphatic hydroxyl groups is 1. The molecule has 5 aromatic rings. The number of rotatable bonds is 3. The molecule has 0 fully saturated rings. The Labute approximate surface area is 160 Å². The second-order valence-corrected chi connectivity index (χ2v) is 6.68. The topological polar surface area (TPSA) is 61.8 Å². The molecule has 0 saturated carbocycles. The van der Waals surface area contributed by atoms with Crippen molar-refractivity contribution in [3.63, 3.8) is 0 Å². The second kappa shape index (κ2) is 6.55. The van der Waals surface area contributed by atoms with Crippen molar-refractivity contribution in [3.05, 3.63) is 84.6 Å². The first-order valence-electron chi connectivity index (χ1n) is 8.95. The minimum absolute atomic E-state index is 0.0295. The lowest BCUT2D eigenvalue weighted by atomic mass is 9.93. The van der Waals surface area contributed by atoms with Crippen molar-refractivity contribution in [2.75, 3.05) is 0 Å². The molecule has 2 aromatic carbocycles. The van der Waals surface area contributed by atoms with Crippen molar-refractivity contribution in [2.45, 2.75) is 6.61 Å². The lowest BCUT2D eigenvalue weighted by Crippen LogP contribution is -1.90. The predicted molar refractivity (Wildman–Crippen MR) is 108 cm³/mol. The van der Waals surface area contributed by atoms with Crippen molar-refractivity contribution in [2.24, 2.45) is 0 Å². The van der Waals surface area contributed by atoms with Gasteiger partial charge < -0.3 is 10.1 Å².